The van der Waals surface area contributed by atoms with Gasteiger partial charge >= 0.3 is 0 Å². The van der Waals surface area contributed by atoms with Crippen LogP contribution < -0.4 is 21.2 Å². The van der Waals surface area contributed by atoms with E-state index < -0.39 is 7.92 Å². The molecule has 0 nitrogen and oxygen atoms in total. The van der Waals surface area contributed by atoms with Crippen LogP contribution in [0.3, 0.4) is 0 Å². The Morgan fingerprint density at radius 3 is 0.867 bits per heavy atom. The molecule has 152 valence electrons. The van der Waals surface area contributed by atoms with E-state index in [1.807, 2.05) is 0 Å². The SMILES string of the molecule is Cc1ccc(P(c2ccc(C)cc2)c2ccc(C)cc2)cc1.Cc1ccc(P)cc1. The molecule has 1 unspecified atom stereocenters. The molecule has 4 aromatic rings. The Bertz CT molecular complexity index is 916. The van der Waals surface area contributed by atoms with E-state index in [9.17, 15) is 0 Å². The fourth-order valence-electron chi connectivity index (χ4n) is 3.10. The van der Waals surface area contributed by atoms with Crippen LogP contribution in [0.5, 0.6) is 0 Å². The highest BCUT2D eigenvalue weighted by molar-refractivity contribution is 7.79. The Balaban J connectivity index is 0.000000269. The summed E-state index contributed by atoms with van der Waals surface area (Å²) in [5.41, 5.74) is 5.25. The molecule has 0 heterocycles. The normalized spacial score (nSPS) is 10.5. The summed E-state index contributed by atoms with van der Waals surface area (Å²) in [6.45, 7) is 8.52. The molecule has 0 N–H and O–H groups in total. The average Bonchev–Trinajstić information content (AvgIpc) is 2.75. The predicted molar refractivity (Wildman–Crippen MR) is 140 cm³/mol. The van der Waals surface area contributed by atoms with Crippen molar-refractivity contribution in [3.05, 3.63) is 119 Å². The monoisotopic (exact) mass is 428 g/mol. The zero-order chi connectivity index (χ0) is 21.5. The van der Waals surface area contributed by atoms with Gasteiger partial charge in [-0.15, -0.1) is 9.24 Å². The molecule has 0 radical (unpaired) electrons. The van der Waals surface area contributed by atoms with Crippen molar-refractivity contribution in [2.45, 2.75) is 27.7 Å². The predicted octanol–water partition coefficient (Wildman–Crippen LogP) is 5.87. The van der Waals surface area contributed by atoms with Crippen molar-refractivity contribution in [2.75, 3.05) is 0 Å². The lowest BCUT2D eigenvalue weighted by Gasteiger charge is -2.20. The molecule has 0 aromatic heterocycles. The van der Waals surface area contributed by atoms with Gasteiger partial charge in [0.2, 0.25) is 0 Å². The minimum atomic E-state index is -0.483. The van der Waals surface area contributed by atoms with E-state index in [1.165, 1.54) is 43.5 Å². The zero-order valence-electron chi connectivity index (χ0n) is 18.3. The molecule has 4 rings (SSSR count). The molecule has 2 heteroatoms. The number of benzene rings is 4. The maximum Gasteiger partial charge on any atom is -0.0134 e. The summed E-state index contributed by atoms with van der Waals surface area (Å²) in [4.78, 5) is 0. The molecule has 0 spiro atoms. The van der Waals surface area contributed by atoms with Crippen molar-refractivity contribution in [1.82, 2.24) is 0 Å². The minimum Gasteiger partial charge on any atom is -0.106 e. The van der Waals surface area contributed by atoms with Gasteiger partial charge in [0.1, 0.15) is 0 Å². The van der Waals surface area contributed by atoms with Crippen molar-refractivity contribution in [3.63, 3.8) is 0 Å². The van der Waals surface area contributed by atoms with E-state index in [1.54, 1.807) is 0 Å². The number of aryl methyl sites for hydroxylation is 4. The van der Waals surface area contributed by atoms with Crippen LogP contribution >= 0.6 is 17.2 Å². The van der Waals surface area contributed by atoms with Crippen LogP contribution in [0, 0.1) is 27.7 Å². The number of hydrogen-bond acceptors (Lipinski definition) is 0. The number of hydrogen-bond donors (Lipinski definition) is 0. The largest absolute Gasteiger partial charge is 0.106 e. The van der Waals surface area contributed by atoms with Crippen LogP contribution in [0.25, 0.3) is 0 Å². The Labute approximate surface area is 185 Å². The third-order valence-electron chi connectivity index (χ3n) is 4.95. The van der Waals surface area contributed by atoms with Crippen molar-refractivity contribution < 1.29 is 0 Å². The highest BCUT2D eigenvalue weighted by atomic mass is 31.1. The second-order valence-electron chi connectivity index (χ2n) is 7.75. The minimum absolute atomic E-state index is 0.483. The third-order valence-corrected chi connectivity index (χ3v) is 7.78. The second-order valence-corrected chi connectivity index (χ2v) is 10.6. The second kappa shape index (κ2) is 10.7. The summed E-state index contributed by atoms with van der Waals surface area (Å²) in [6.07, 6.45) is 0. The van der Waals surface area contributed by atoms with Gasteiger partial charge in [-0.3, -0.25) is 0 Å². The maximum absolute atomic E-state index is 2.65. The van der Waals surface area contributed by atoms with E-state index in [0.29, 0.717) is 0 Å². The Kier molecular flexibility index (Phi) is 7.98. The molecular weight excluding hydrogens is 398 g/mol. The first-order valence-electron chi connectivity index (χ1n) is 10.2. The standard InChI is InChI=1S/C21H21P.C7H9P/c1-16-4-10-19(11-5-16)22(20-12-6-17(2)7-13-20)21-14-8-18(3)9-15-21;1-6-2-4-7(8)5-3-6/h4-15H,1-3H3;2-5H,8H2,1H3. The fraction of sp³-hybridized carbons (Fsp3) is 0.143. The van der Waals surface area contributed by atoms with Gasteiger partial charge in [0.15, 0.2) is 0 Å². The van der Waals surface area contributed by atoms with Crippen molar-refractivity contribution in [2.24, 2.45) is 0 Å². The Morgan fingerprint density at radius 1 is 0.400 bits per heavy atom. The Hall–Kier alpha value is -2.26. The van der Waals surface area contributed by atoms with Gasteiger partial charge in [0.05, 0.1) is 0 Å². The lowest BCUT2D eigenvalue weighted by atomic mass is 10.2. The van der Waals surface area contributed by atoms with Gasteiger partial charge in [0.25, 0.3) is 0 Å². The van der Waals surface area contributed by atoms with Crippen LogP contribution in [0.4, 0.5) is 0 Å². The van der Waals surface area contributed by atoms with E-state index in [-0.39, 0.29) is 0 Å². The molecule has 1 atom stereocenters. The highest BCUT2D eigenvalue weighted by Crippen LogP contribution is 2.32. The van der Waals surface area contributed by atoms with Gasteiger partial charge < -0.3 is 0 Å². The maximum atomic E-state index is 2.65. The van der Waals surface area contributed by atoms with Crippen LogP contribution in [0.1, 0.15) is 22.3 Å². The third kappa shape index (κ3) is 6.37. The van der Waals surface area contributed by atoms with E-state index >= 15 is 0 Å². The van der Waals surface area contributed by atoms with Crippen LogP contribution in [-0.4, -0.2) is 0 Å². The quantitative estimate of drug-likeness (QED) is 0.358. The van der Waals surface area contributed by atoms with Crippen LogP contribution in [0.15, 0.2) is 97.1 Å². The first-order valence-corrected chi connectivity index (χ1v) is 12.2. The number of rotatable bonds is 3. The summed E-state index contributed by atoms with van der Waals surface area (Å²) in [7, 11) is 2.17. The molecular formula is C28H30P2. The summed E-state index contributed by atoms with van der Waals surface area (Å²) < 4.78 is 0. The molecule has 0 aliphatic rings. The lowest BCUT2D eigenvalue weighted by Crippen LogP contribution is -2.20. The van der Waals surface area contributed by atoms with Gasteiger partial charge in [-0.25, -0.2) is 0 Å². The highest BCUT2D eigenvalue weighted by Gasteiger charge is 2.16. The average molecular weight is 428 g/mol. The lowest BCUT2D eigenvalue weighted by molar-refractivity contribution is 1.48. The smallest absolute Gasteiger partial charge is 0.0134 e. The summed E-state index contributed by atoms with van der Waals surface area (Å²) >= 11 is 0. The van der Waals surface area contributed by atoms with Gasteiger partial charge in [-0.2, -0.15) is 0 Å². The van der Waals surface area contributed by atoms with Crippen molar-refractivity contribution >= 4 is 38.4 Å². The Morgan fingerprint density at radius 2 is 0.633 bits per heavy atom. The first kappa shape index (κ1) is 22.4. The molecule has 0 saturated carbocycles. The molecule has 30 heavy (non-hydrogen) atoms. The van der Waals surface area contributed by atoms with E-state index in [0.717, 1.165) is 0 Å². The molecule has 0 fully saturated rings. The topological polar surface area (TPSA) is 0 Å². The van der Waals surface area contributed by atoms with E-state index in [4.69, 9.17) is 0 Å². The van der Waals surface area contributed by atoms with Gasteiger partial charge in [-0.05, 0) is 56.8 Å². The fourth-order valence-corrected chi connectivity index (χ4v) is 5.52. The summed E-state index contributed by atoms with van der Waals surface area (Å²) in [5.74, 6) is 0. The molecule has 4 aromatic carbocycles. The van der Waals surface area contributed by atoms with Gasteiger partial charge in [-0.1, -0.05) is 119 Å². The van der Waals surface area contributed by atoms with Gasteiger partial charge in [0, 0.05) is 0 Å². The summed E-state index contributed by atoms with van der Waals surface area (Å²) in [6, 6.07) is 35.3. The first-order chi connectivity index (χ1) is 14.4. The summed E-state index contributed by atoms with van der Waals surface area (Å²) in [5, 5.41) is 5.48. The van der Waals surface area contributed by atoms with Crippen molar-refractivity contribution in [1.29, 1.82) is 0 Å². The molecule has 0 aliphatic heterocycles. The van der Waals surface area contributed by atoms with Crippen LogP contribution in [0.2, 0.25) is 0 Å². The zero-order valence-corrected chi connectivity index (χ0v) is 20.3. The molecule has 0 bridgehead atoms. The molecule has 0 amide bonds. The molecule has 0 aliphatic carbocycles. The van der Waals surface area contributed by atoms with E-state index in [2.05, 4.69) is 134 Å². The van der Waals surface area contributed by atoms with Crippen LogP contribution in [-0.2, 0) is 0 Å². The van der Waals surface area contributed by atoms with Crippen molar-refractivity contribution in [3.8, 4) is 0 Å². The molecule has 0 saturated heterocycles.